The minimum Gasteiger partial charge on any atom is -0.488 e. The van der Waals surface area contributed by atoms with Crippen LogP contribution in [0.25, 0.3) is 16.7 Å². The average molecular weight is 435 g/mol. The minimum absolute atomic E-state index is 0.462. The van der Waals surface area contributed by atoms with E-state index in [0.717, 1.165) is 68.2 Å². The Kier molecular flexibility index (Phi) is 5.22. The number of aryl methyl sites for hydroxylation is 3. The van der Waals surface area contributed by atoms with E-state index in [0.29, 0.717) is 18.7 Å². The molecule has 0 N–H and O–H groups in total. The standard InChI is InChI=1S/C28H26N4O/c1-5-25-31-27-17(2)12-19(4)30-28(27)32(25)15-20-10-11-22-21(13-20)16-33-24-9-7-6-8-23(24)26(22)18(3)14-29/h6-13H,5,15-16H2,1-4H3/b26-18-. The Balaban J connectivity index is 1.62. The molecular formula is C28H26N4O. The van der Waals surface area contributed by atoms with Crippen LogP contribution >= 0.6 is 0 Å². The van der Waals surface area contributed by atoms with E-state index in [1.165, 1.54) is 0 Å². The number of ether oxygens (including phenoxy) is 1. The number of nitriles is 1. The minimum atomic E-state index is 0.462. The van der Waals surface area contributed by atoms with Crippen molar-refractivity contribution in [1.82, 2.24) is 14.5 Å². The van der Waals surface area contributed by atoms with Gasteiger partial charge in [-0.15, -0.1) is 0 Å². The molecule has 0 amide bonds. The Labute approximate surface area is 194 Å². The lowest BCUT2D eigenvalue weighted by Gasteiger charge is -2.14. The molecule has 0 unspecified atom stereocenters. The number of hydrogen-bond donors (Lipinski definition) is 0. The lowest BCUT2D eigenvalue weighted by molar-refractivity contribution is 0.307. The monoisotopic (exact) mass is 434 g/mol. The maximum atomic E-state index is 9.69. The van der Waals surface area contributed by atoms with Crippen LogP contribution in [0.2, 0.25) is 0 Å². The summed E-state index contributed by atoms with van der Waals surface area (Å²) in [4.78, 5) is 9.69. The van der Waals surface area contributed by atoms with Gasteiger partial charge >= 0.3 is 0 Å². The van der Waals surface area contributed by atoms with Gasteiger partial charge in [0.1, 0.15) is 23.7 Å². The third-order valence-corrected chi connectivity index (χ3v) is 6.28. The molecule has 0 aliphatic carbocycles. The van der Waals surface area contributed by atoms with Crippen molar-refractivity contribution in [2.45, 2.75) is 47.3 Å². The highest BCUT2D eigenvalue weighted by molar-refractivity contribution is 5.88. The predicted octanol–water partition coefficient (Wildman–Crippen LogP) is 5.90. The fourth-order valence-corrected chi connectivity index (χ4v) is 4.74. The van der Waals surface area contributed by atoms with Crippen LogP contribution in [0.3, 0.4) is 0 Å². The van der Waals surface area contributed by atoms with Gasteiger partial charge in [0, 0.05) is 28.8 Å². The van der Waals surface area contributed by atoms with E-state index in [9.17, 15) is 5.26 Å². The summed E-state index contributed by atoms with van der Waals surface area (Å²) in [7, 11) is 0. The van der Waals surface area contributed by atoms with Crippen molar-refractivity contribution in [2.24, 2.45) is 0 Å². The molecule has 33 heavy (non-hydrogen) atoms. The number of hydrogen-bond acceptors (Lipinski definition) is 4. The number of fused-ring (bicyclic) bond motifs is 3. The molecule has 5 heteroatoms. The molecule has 0 bridgehead atoms. The molecule has 4 aromatic rings. The fraction of sp³-hybridized carbons (Fsp3) is 0.250. The van der Waals surface area contributed by atoms with E-state index in [2.05, 4.69) is 48.7 Å². The van der Waals surface area contributed by atoms with Gasteiger partial charge in [-0.25, -0.2) is 9.97 Å². The van der Waals surface area contributed by atoms with Crippen LogP contribution in [0.4, 0.5) is 0 Å². The Bertz CT molecular complexity index is 1470. The van der Waals surface area contributed by atoms with Gasteiger partial charge in [0.2, 0.25) is 0 Å². The second-order valence-corrected chi connectivity index (χ2v) is 8.61. The van der Waals surface area contributed by atoms with Crippen LogP contribution in [0.5, 0.6) is 5.75 Å². The highest BCUT2D eigenvalue weighted by atomic mass is 16.5. The van der Waals surface area contributed by atoms with Crippen LogP contribution in [0.1, 0.15) is 53.2 Å². The first-order valence-electron chi connectivity index (χ1n) is 11.3. The quantitative estimate of drug-likeness (QED) is 0.377. The molecule has 0 spiro atoms. The van der Waals surface area contributed by atoms with E-state index in [1.807, 2.05) is 38.1 Å². The van der Waals surface area contributed by atoms with Crippen LogP contribution in [-0.4, -0.2) is 14.5 Å². The predicted molar refractivity (Wildman–Crippen MR) is 130 cm³/mol. The van der Waals surface area contributed by atoms with Crippen molar-refractivity contribution in [2.75, 3.05) is 0 Å². The molecular weight excluding hydrogens is 408 g/mol. The molecule has 0 fully saturated rings. The van der Waals surface area contributed by atoms with E-state index < -0.39 is 0 Å². The van der Waals surface area contributed by atoms with Crippen molar-refractivity contribution in [3.63, 3.8) is 0 Å². The molecule has 2 aromatic carbocycles. The topological polar surface area (TPSA) is 63.7 Å². The lowest BCUT2D eigenvalue weighted by Crippen LogP contribution is -2.07. The summed E-state index contributed by atoms with van der Waals surface area (Å²) in [5, 5.41) is 9.69. The summed E-state index contributed by atoms with van der Waals surface area (Å²) in [6.45, 7) is 9.27. The van der Waals surface area contributed by atoms with Gasteiger partial charge in [-0.05, 0) is 61.2 Å². The van der Waals surface area contributed by atoms with Crippen molar-refractivity contribution < 1.29 is 4.74 Å². The third-order valence-electron chi connectivity index (χ3n) is 6.28. The number of nitrogens with zero attached hydrogens (tertiary/aromatic N) is 4. The van der Waals surface area contributed by atoms with Crippen molar-refractivity contribution in [1.29, 1.82) is 5.26 Å². The molecule has 2 aromatic heterocycles. The first-order valence-corrected chi connectivity index (χ1v) is 11.3. The Hall–Kier alpha value is -3.91. The highest BCUT2D eigenvalue weighted by Gasteiger charge is 2.22. The second kappa shape index (κ2) is 8.22. The zero-order valence-corrected chi connectivity index (χ0v) is 19.4. The number of allylic oxidation sites excluding steroid dienone is 1. The van der Waals surface area contributed by atoms with Crippen molar-refractivity contribution in [3.8, 4) is 11.8 Å². The first kappa shape index (κ1) is 21.0. The Morgan fingerprint density at radius 2 is 1.91 bits per heavy atom. The molecule has 5 rings (SSSR count). The largest absolute Gasteiger partial charge is 0.488 e. The number of aromatic nitrogens is 3. The summed E-state index contributed by atoms with van der Waals surface area (Å²) < 4.78 is 8.38. The van der Waals surface area contributed by atoms with Gasteiger partial charge in [0.15, 0.2) is 5.65 Å². The van der Waals surface area contributed by atoms with Gasteiger partial charge in [-0.3, -0.25) is 0 Å². The van der Waals surface area contributed by atoms with Crippen LogP contribution in [0, 0.1) is 25.2 Å². The van der Waals surface area contributed by atoms with Gasteiger partial charge < -0.3 is 9.30 Å². The van der Waals surface area contributed by atoms with Gasteiger partial charge in [0.25, 0.3) is 0 Å². The number of para-hydroxylation sites is 1. The second-order valence-electron chi connectivity index (χ2n) is 8.61. The maximum Gasteiger partial charge on any atom is 0.160 e. The SMILES string of the molecule is CCc1nc2c(C)cc(C)nc2n1Cc1ccc2c(c1)COc1ccccc1/C2=C(/C)C#N. The summed E-state index contributed by atoms with van der Waals surface area (Å²) in [6.07, 6.45) is 0.840. The van der Waals surface area contributed by atoms with E-state index >= 15 is 0 Å². The molecule has 1 aliphatic heterocycles. The Morgan fingerprint density at radius 1 is 1.09 bits per heavy atom. The van der Waals surface area contributed by atoms with E-state index in [1.54, 1.807) is 0 Å². The molecule has 5 nitrogen and oxygen atoms in total. The van der Waals surface area contributed by atoms with Crippen molar-refractivity contribution >= 4 is 16.7 Å². The number of pyridine rings is 1. The molecule has 3 heterocycles. The fourth-order valence-electron chi connectivity index (χ4n) is 4.74. The van der Waals surface area contributed by atoms with Gasteiger partial charge in [-0.1, -0.05) is 37.3 Å². The molecule has 0 saturated carbocycles. The van der Waals surface area contributed by atoms with Gasteiger partial charge in [-0.2, -0.15) is 5.26 Å². The third kappa shape index (κ3) is 3.58. The van der Waals surface area contributed by atoms with Crippen LogP contribution < -0.4 is 4.74 Å². The van der Waals surface area contributed by atoms with Crippen molar-refractivity contribution in [3.05, 3.63) is 93.4 Å². The number of benzene rings is 2. The summed E-state index contributed by atoms with van der Waals surface area (Å²) in [6, 6.07) is 18.8. The number of rotatable bonds is 3. The summed E-state index contributed by atoms with van der Waals surface area (Å²) >= 11 is 0. The van der Waals surface area contributed by atoms with Crippen LogP contribution in [-0.2, 0) is 19.6 Å². The van der Waals surface area contributed by atoms with Gasteiger partial charge in [0.05, 0.1) is 12.6 Å². The van der Waals surface area contributed by atoms with E-state index in [4.69, 9.17) is 14.7 Å². The molecule has 164 valence electrons. The lowest BCUT2D eigenvalue weighted by atomic mass is 9.90. The summed E-state index contributed by atoms with van der Waals surface area (Å²) in [5.74, 6) is 1.84. The van der Waals surface area contributed by atoms with Crippen LogP contribution in [0.15, 0.2) is 54.1 Å². The first-order chi connectivity index (χ1) is 16.0. The Morgan fingerprint density at radius 3 is 2.70 bits per heavy atom. The highest BCUT2D eigenvalue weighted by Crippen LogP contribution is 2.38. The molecule has 0 saturated heterocycles. The zero-order chi connectivity index (χ0) is 23.1. The average Bonchev–Trinajstić information content (AvgIpc) is 3.07. The maximum absolute atomic E-state index is 9.69. The zero-order valence-electron chi connectivity index (χ0n) is 19.4. The normalized spacial score (nSPS) is 14.2. The molecule has 0 radical (unpaired) electrons. The summed E-state index contributed by atoms with van der Waals surface area (Å²) in [5.41, 5.74) is 9.95. The number of imidazole rings is 1. The molecule has 0 atom stereocenters. The smallest absolute Gasteiger partial charge is 0.160 e. The molecule has 1 aliphatic rings. The van der Waals surface area contributed by atoms with E-state index in [-0.39, 0.29) is 0 Å².